The highest BCUT2D eigenvalue weighted by molar-refractivity contribution is 6.08. The Labute approximate surface area is 139 Å². The summed E-state index contributed by atoms with van der Waals surface area (Å²) in [7, 11) is 2.64. The van der Waals surface area contributed by atoms with Gasteiger partial charge < -0.3 is 24.3 Å². The van der Waals surface area contributed by atoms with Gasteiger partial charge in [-0.1, -0.05) is 0 Å². The number of cyclic esters (lactones) is 2. The molecule has 0 aliphatic carbocycles. The molecule has 24 heavy (non-hydrogen) atoms. The fraction of sp³-hybridized carbons (Fsp3) is 0.438. The van der Waals surface area contributed by atoms with E-state index in [0.717, 1.165) is 0 Å². The predicted molar refractivity (Wildman–Crippen MR) is 82.6 cm³/mol. The van der Waals surface area contributed by atoms with Gasteiger partial charge in [0.15, 0.2) is 0 Å². The number of esters is 3. The lowest BCUT2D eigenvalue weighted by atomic mass is 10.00. The van der Waals surface area contributed by atoms with Crippen molar-refractivity contribution in [2.75, 3.05) is 19.5 Å². The van der Waals surface area contributed by atoms with E-state index in [4.69, 9.17) is 14.2 Å². The zero-order valence-corrected chi connectivity index (χ0v) is 14.1. The number of methoxy groups -OCH3 is 2. The minimum Gasteiger partial charge on any atom is -0.496 e. The average molecular weight is 337 g/mol. The van der Waals surface area contributed by atoms with Crippen LogP contribution in [-0.4, -0.2) is 43.5 Å². The van der Waals surface area contributed by atoms with Crippen LogP contribution in [0.5, 0.6) is 5.75 Å². The fourth-order valence-electron chi connectivity index (χ4n) is 2.19. The normalized spacial score (nSPS) is 18.2. The number of hydrogen-bond acceptors (Lipinski definition) is 8. The molecule has 1 aliphatic rings. The molecular formula is C16H19NO7. The van der Waals surface area contributed by atoms with Crippen LogP contribution in [0.4, 0.5) is 5.69 Å². The molecule has 2 rings (SSSR count). The van der Waals surface area contributed by atoms with Crippen LogP contribution in [0.1, 0.15) is 31.1 Å². The summed E-state index contributed by atoms with van der Waals surface area (Å²) < 4.78 is 20.0. The van der Waals surface area contributed by atoms with Gasteiger partial charge in [-0.3, -0.25) is 0 Å². The Balaban J connectivity index is 2.32. The number of hydrogen-bond donors (Lipinski definition) is 1. The van der Waals surface area contributed by atoms with Crippen LogP contribution < -0.4 is 10.1 Å². The standard InChI is InChI=1S/C16H19NO7/c1-15(2)23-13(19)16(3,14(20)24-15)17-9-6-7-10(12(18)22-5)11(8-9)21-4/h6-8,17H,1-5H3. The maximum absolute atomic E-state index is 12.2. The zero-order chi connectivity index (χ0) is 18.1. The van der Waals surface area contributed by atoms with E-state index in [1.807, 2.05) is 0 Å². The molecule has 1 aromatic rings. The van der Waals surface area contributed by atoms with E-state index in [1.54, 1.807) is 0 Å². The van der Waals surface area contributed by atoms with Gasteiger partial charge in [0.25, 0.3) is 5.79 Å². The second-order valence-electron chi connectivity index (χ2n) is 5.84. The minimum atomic E-state index is -1.71. The topological polar surface area (TPSA) is 100 Å². The molecule has 8 heteroatoms. The molecule has 0 unspecified atom stereocenters. The molecule has 0 aromatic heterocycles. The van der Waals surface area contributed by atoms with Gasteiger partial charge in [-0.05, 0) is 19.1 Å². The summed E-state index contributed by atoms with van der Waals surface area (Å²) in [6, 6.07) is 4.44. The third kappa shape index (κ3) is 3.12. The lowest BCUT2D eigenvalue weighted by Crippen LogP contribution is -2.61. The summed E-state index contributed by atoms with van der Waals surface area (Å²) >= 11 is 0. The molecule has 1 heterocycles. The lowest BCUT2D eigenvalue weighted by molar-refractivity contribution is -0.239. The third-order valence-electron chi connectivity index (χ3n) is 3.49. The molecule has 0 radical (unpaired) electrons. The number of benzene rings is 1. The molecule has 1 aliphatic heterocycles. The molecule has 0 bridgehead atoms. The van der Waals surface area contributed by atoms with Crippen molar-refractivity contribution in [1.29, 1.82) is 0 Å². The first-order valence-electron chi connectivity index (χ1n) is 7.14. The van der Waals surface area contributed by atoms with E-state index in [9.17, 15) is 14.4 Å². The first-order chi connectivity index (χ1) is 11.1. The number of rotatable bonds is 4. The maximum Gasteiger partial charge on any atom is 0.346 e. The van der Waals surface area contributed by atoms with Crippen molar-refractivity contribution < 1.29 is 33.3 Å². The van der Waals surface area contributed by atoms with Crippen LogP contribution in [0.15, 0.2) is 18.2 Å². The van der Waals surface area contributed by atoms with Gasteiger partial charge in [0, 0.05) is 25.6 Å². The van der Waals surface area contributed by atoms with Crippen molar-refractivity contribution in [2.24, 2.45) is 0 Å². The van der Waals surface area contributed by atoms with Crippen LogP contribution in [0.25, 0.3) is 0 Å². The van der Waals surface area contributed by atoms with Crippen molar-refractivity contribution in [3.8, 4) is 5.75 Å². The van der Waals surface area contributed by atoms with E-state index in [1.165, 1.54) is 53.2 Å². The summed E-state index contributed by atoms with van der Waals surface area (Å²) in [6.07, 6.45) is 0. The summed E-state index contributed by atoms with van der Waals surface area (Å²) in [5.41, 5.74) is -1.13. The molecule has 0 atom stereocenters. The highest BCUT2D eigenvalue weighted by Crippen LogP contribution is 2.31. The first kappa shape index (κ1) is 17.6. The monoisotopic (exact) mass is 337 g/mol. The predicted octanol–water partition coefficient (Wildman–Crippen LogP) is 1.49. The van der Waals surface area contributed by atoms with Gasteiger partial charge >= 0.3 is 17.9 Å². The Hall–Kier alpha value is -2.77. The lowest BCUT2D eigenvalue weighted by Gasteiger charge is -2.38. The number of anilines is 1. The molecule has 0 spiro atoms. The van der Waals surface area contributed by atoms with Crippen molar-refractivity contribution >= 4 is 23.6 Å². The van der Waals surface area contributed by atoms with Crippen LogP contribution in [0, 0.1) is 0 Å². The molecular weight excluding hydrogens is 318 g/mol. The Kier molecular flexibility index (Phi) is 4.42. The zero-order valence-electron chi connectivity index (χ0n) is 14.1. The van der Waals surface area contributed by atoms with Gasteiger partial charge in [0.2, 0.25) is 5.54 Å². The molecule has 1 saturated heterocycles. The number of carbonyl (C=O) groups is 3. The highest BCUT2D eigenvalue weighted by Gasteiger charge is 2.53. The maximum atomic E-state index is 12.2. The Morgan fingerprint density at radius 3 is 2.17 bits per heavy atom. The van der Waals surface area contributed by atoms with Crippen molar-refractivity contribution in [3.63, 3.8) is 0 Å². The van der Waals surface area contributed by atoms with Crippen LogP contribution >= 0.6 is 0 Å². The minimum absolute atomic E-state index is 0.214. The fourth-order valence-corrected chi connectivity index (χ4v) is 2.19. The van der Waals surface area contributed by atoms with E-state index >= 15 is 0 Å². The van der Waals surface area contributed by atoms with Gasteiger partial charge in [0.1, 0.15) is 11.3 Å². The van der Waals surface area contributed by atoms with E-state index in [0.29, 0.717) is 5.69 Å². The summed E-state index contributed by atoms with van der Waals surface area (Å²) in [4.78, 5) is 36.1. The Bertz CT molecular complexity index is 676. The largest absolute Gasteiger partial charge is 0.496 e. The summed E-state index contributed by atoms with van der Waals surface area (Å²) in [5, 5.41) is 2.77. The number of nitrogens with one attached hydrogen (secondary N) is 1. The van der Waals surface area contributed by atoms with Crippen LogP contribution in [-0.2, 0) is 23.8 Å². The van der Waals surface area contributed by atoms with Crippen LogP contribution in [0.3, 0.4) is 0 Å². The smallest absolute Gasteiger partial charge is 0.346 e. The molecule has 0 amide bonds. The molecule has 1 N–H and O–H groups in total. The first-order valence-corrected chi connectivity index (χ1v) is 7.14. The summed E-state index contributed by atoms with van der Waals surface area (Å²) in [6.45, 7) is 4.29. The molecule has 8 nitrogen and oxygen atoms in total. The highest BCUT2D eigenvalue weighted by atomic mass is 16.7. The van der Waals surface area contributed by atoms with E-state index in [-0.39, 0.29) is 11.3 Å². The molecule has 1 aromatic carbocycles. The number of ether oxygens (including phenoxy) is 4. The summed E-state index contributed by atoms with van der Waals surface area (Å²) in [5.74, 6) is -3.18. The van der Waals surface area contributed by atoms with Crippen molar-refractivity contribution in [3.05, 3.63) is 23.8 Å². The SMILES string of the molecule is COC(=O)c1ccc(NC2(C)C(=O)OC(C)(C)OC2=O)cc1OC. The quantitative estimate of drug-likeness (QED) is 0.651. The molecule has 130 valence electrons. The van der Waals surface area contributed by atoms with Gasteiger partial charge in [0.05, 0.1) is 14.2 Å². The van der Waals surface area contributed by atoms with E-state index in [2.05, 4.69) is 10.1 Å². The molecule has 1 fully saturated rings. The van der Waals surface area contributed by atoms with Crippen molar-refractivity contribution in [2.45, 2.75) is 32.1 Å². The molecule has 0 saturated carbocycles. The third-order valence-corrected chi connectivity index (χ3v) is 3.49. The van der Waals surface area contributed by atoms with Crippen molar-refractivity contribution in [1.82, 2.24) is 0 Å². The second kappa shape index (κ2) is 6.03. The number of carbonyl (C=O) groups excluding carboxylic acids is 3. The van der Waals surface area contributed by atoms with Gasteiger partial charge in [-0.15, -0.1) is 0 Å². The van der Waals surface area contributed by atoms with Gasteiger partial charge in [-0.25, -0.2) is 14.4 Å². The Morgan fingerprint density at radius 2 is 1.67 bits per heavy atom. The Morgan fingerprint density at radius 1 is 1.08 bits per heavy atom. The average Bonchev–Trinajstić information content (AvgIpc) is 2.51. The second-order valence-corrected chi connectivity index (χ2v) is 5.84. The van der Waals surface area contributed by atoms with E-state index < -0.39 is 29.2 Å². The van der Waals surface area contributed by atoms with Crippen LogP contribution in [0.2, 0.25) is 0 Å². The van der Waals surface area contributed by atoms with Gasteiger partial charge in [-0.2, -0.15) is 0 Å².